The highest BCUT2D eigenvalue weighted by atomic mass is 35.5. The number of halogens is 2. The van der Waals surface area contributed by atoms with Crippen LogP contribution in [0.4, 0.5) is 4.79 Å². The maximum absolute atomic E-state index is 11.6. The molecule has 1 N–H and O–H groups in total. The molecule has 6 heteroatoms. The molecule has 4 nitrogen and oxygen atoms in total. The molecule has 0 aromatic heterocycles. The van der Waals surface area contributed by atoms with Crippen molar-refractivity contribution in [3.63, 3.8) is 0 Å². The zero-order valence-electron chi connectivity index (χ0n) is 12.0. The van der Waals surface area contributed by atoms with Crippen molar-refractivity contribution >= 4 is 29.3 Å². The third-order valence-corrected chi connectivity index (χ3v) is 2.76. The lowest BCUT2D eigenvalue weighted by Gasteiger charge is -2.22. The Hall–Kier alpha value is -1.13. The lowest BCUT2D eigenvalue weighted by molar-refractivity contribution is 0.0494. The quantitative estimate of drug-likeness (QED) is 0.900. The van der Waals surface area contributed by atoms with Crippen LogP contribution in [0, 0.1) is 0 Å². The number of rotatable bonds is 4. The first-order chi connectivity index (χ1) is 9.19. The Balaban J connectivity index is 2.48. The summed E-state index contributed by atoms with van der Waals surface area (Å²) in [6, 6.07) is 4.88. The highest BCUT2D eigenvalue weighted by molar-refractivity contribution is 6.37. The molecule has 0 aliphatic carbocycles. The Morgan fingerprint density at radius 1 is 1.30 bits per heavy atom. The molecule has 0 aliphatic rings. The highest BCUT2D eigenvalue weighted by Crippen LogP contribution is 2.32. The molecular weight excluding hydrogens is 301 g/mol. The van der Waals surface area contributed by atoms with E-state index in [4.69, 9.17) is 32.7 Å². The van der Waals surface area contributed by atoms with E-state index in [2.05, 4.69) is 5.32 Å². The summed E-state index contributed by atoms with van der Waals surface area (Å²) in [6.07, 6.45) is -0.487. The molecule has 1 amide bonds. The molecule has 0 saturated carbocycles. The first-order valence-electron chi connectivity index (χ1n) is 6.25. The molecule has 0 heterocycles. The van der Waals surface area contributed by atoms with Crippen LogP contribution in [0.5, 0.6) is 5.75 Å². The number of nitrogens with one attached hydrogen (secondary N) is 1. The predicted molar refractivity (Wildman–Crippen MR) is 80.8 cm³/mol. The van der Waals surface area contributed by atoms with Crippen LogP contribution in [-0.2, 0) is 4.74 Å². The number of para-hydroxylation sites is 1. The maximum Gasteiger partial charge on any atom is 0.407 e. The van der Waals surface area contributed by atoms with Crippen LogP contribution < -0.4 is 10.1 Å². The number of ether oxygens (including phenoxy) is 2. The van der Waals surface area contributed by atoms with Gasteiger partial charge in [-0.05, 0) is 39.8 Å². The van der Waals surface area contributed by atoms with Crippen molar-refractivity contribution in [2.45, 2.75) is 39.3 Å². The van der Waals surface area contributed by atoms with Crippen LogP contribution in [0.3, 0.4) is 0 Å². The van der Waals surface area contributed by atoms with E-state index >= 15 is 0 Å². The Labute approximate surface area is 129 Å². The lowest BCUT2D eigenvalue weighted by Crippen LogP contribution is -2.40. The van der Waals surface area contributed by atoms with Gasteiger partial charge < -0.3 is 14.8 Å². The third-order valence-electron chi connectivity index (χ3n) is 2.16. The van der Waals surface area contributed by atoms with Gasteiger partial charge in [-0.25, -0.2) is 4.79 Å². The van der Waals surface area contributed by atoms with E-state index in [9.17, 15) is 4.79 Å². The van der Waals surface area contributed by atoms with E-state index in [1.807, 2.05) is 0 Å². The topological polar surface area (TPSA) is 47.6 Å². The Kier molecular flexibility index (Phi) is 5.96. The van der Waals surface area contributed by atoms with Crippen LogP contribution in [0.25, 0.3) is 0 Å². The highest BCUT2D eigenvalue weighted by Gasteiger charge is 2.18. The number of amides is 1. The summed E-state index contributed by atoms with van der Waals surface area (Å²) < 4.78 is 10.7. The van der Waals surface area contributed by atoms with E-state index < -0.39 is 11.7 Å². The number of alkyl carbamates (subject to hydrolysis) is 1. The SMILES string of the molecule is C[C@H](COc1c(Cl)cccc1Cl)NC(=O)OC(C)(C)C. The van der Waals surface area contributed by atoms with Crippen LogP contribution in [0.1, 0.15) is 27.7 Å². The molecule has 1 aromatic carbocycles. The first-order valence-corrected chi connectivity index (χ1v) is 7.01. The summed E-state index contributed by atoms with van der Waals surface area (Å²) in [5.41, 5.74) is -0.531. The largest absolute Gasteiger partial charge is 0.488 e. The first kappa shape index (κ1) is 16.9. The van der Waals surface area contributed by atoms with Gasteiger partial charge in [-0.1, -0.05) is 29.3 Å². The van der Waals surface area contributed by atoms with Gasteiger partial charge in [-0.3, -0.25) is 0 Å². The number of hydrogen-bond acceptors (Lipinski definition) is 3. The summed E-state index contributed by atoms with van der Waals surface area (Å²) in [7, 11) is 0. The molecule has 0 radical (unpaired) electrons. The smallest absolute Gasteiger partial charge is 0.407 e. The Morgan fingerprint density at radius 2 is 1.85 bits per heavy atom. The summed E-state index contributed by atoms with van der Waals surface area (Å²) in [5.74, 6) is 0.411. The minimum absolute atomic E-state index is 0.239. The van der Waals surface area contributed by atoms with Gasteiger partial charge in [-0.2, -0.15) is 0 Å². The van der Waals surface area contributed by atoms with Crippen molar-refractivity contribution in [1.82, 2.24) is 5.32 Å². The summed E-state index contributed by atoms with van der Waals surface area (Å²) in [6.45, 7) is 7.45. The molecule has 112 valence electrons. The molecule has 0 fully saturated rings. The van der Waals surface area contributed by atoms with Crippen molar-refractivity contribution < 1.29 is 14.3 Å². The fourth-order valence-corrected chi connectivity index (χ4v) is 1.89. The molecule has 1 atom stereocenters. The number of carbonyl (C=O) groups excluding carboxylic acids is 1. The van der Waals surface area contributed by atoms with Crippen molar-refractivity contribution in [3.8, 4) is 5.75 Å². The minimum atomic E-state index is -0.531. The molecule has 1 aromatic rings. The fourth-order valence-electron chi connectivity index (χ4n) is 1.38. The molecule has 0 bridgehead atoms. The second-order valence-electron chi connectivity index (χ2n) is 5.41. The second-order valence-corrected chi connectivity index (χ2v) is 6.22. The van der Waals surface area contributed by atoms with Gasteiger partial charge >= 0.3 is 6.09 Å². The second kappa shape index (κ2) is 7.04. The van der Waals surface area contributed by atoms with Crippen molar-refractivity contribution in [3.05, 3.63) is 28.2 Å². The molecule has 0 unspecified atom stereocenters. The summed E-state index contributed by atoms with van der Waals surface area (Å²) in [5, 5.41) is 3.54. The van der Waals surface area contributed by atoms with Crippen LogP contribution >= 0.6 is 23.2 Å². The third kappa shape index (κ3) is 5.88. The van der Waals surface area contributed by atoms with Crippen molar-refractivity contribution in [2.24, 2.45) is 0 Å². The van der Waals surface area contributed by atoms with Gasteiger partial charge in [0, 0.05) is 0 Å². The van der Waals surface area contributed by atoms with Crippen molar-refractivity contribution in [2.75, 3.05) is 6.61 Å². The lowest BCUT2D eigenvalue weighted by atomic mass is 10.2. The zero-order valence-corrected chi connectivity index (χ0v) is 13.5. The molecule has 1 rings (SSSR count). The van der Waals surface area contributed by atoms with E-state index in [-0.39, 0.29) is 12.6 Å². The zero-order chi connectivity index (χ0) is 15.3. The van der Waals surface area contributed by atoms with E-state index in [0.717, 1.165) is 0 Å². The standard InChI is InChI=1S/C14H19Cl2NO3/c1-9(17-13(18)20-14(2,3)4)8-19-12-10(15)6-5-7-11(12)16/h5-7,9H,8H2,1-4H3,(H,17,18)/t9-/m1/s1. The number of carbonyl (C=O) groups is 1. The van der Waals surface area contributed by atoms with Crippen LogP contribution in [-0.4, -0.2) is 24.3 Å². The van der Waals surface area contributed by atoms with Gasteiger partial charge in [-0.15, -0.1) is 0 Å². The average molecular weight is 320 g/mol. The summed E-state index contributed by atoms with van der Waals surface area (Å²) >= 11 is 12.0. The van der Waals surface area contributed by atoms with Gasteiger partial charge in [0.1, 0.15) is 12.2 Å². The van der Waals surface area contributed by atoms with Gasteiger partial charge in [0.2, 0.25) is 0 Å². The van der Waals surface area contributed by atoms with Gasteiger partial charge in [0.25, 0.3) is 0 Å². The van der Waals surface area contributed by atoms with E-state index in [0.29, 0.717) is 15.8 Å². The van der Waals surface area contributed by atoms with Gasteiger partial charge in [0.05, 0.1) is 16.1 Å². The predicted octanol–water partition coefficient (Wildman–Crippen LogP) is 4.29. The monoisotopic (exact) mass is 319 g/mol. The normalized spacial score (nSPS) is 12.7. The Bertz CT molecular complexity index is 452. The summed E-state index contributed by atoms with van der Waals surface area (Å²) in [4.78, 5) is 11.6. The molecular formula is C14H19Cl2NO3. The molecule has 0 aliphatic heterocycles. The van der Waals surface area contributed by atoms with E-state index in [1.165, 1.54) is 0 Å². The average Bonchev–Trinajstić information content (AvgIpc) is 2.25. The number of hydrogen-bond donors (Lipinski definition) is 1. The van der Waals surface area contributed by atoms with Crippen molar-refractivity contribution in [1.29, 1.82) is 0 Å². The minimum Gasteiger partial charge on any atom is -0.488 e. The van der Waals surface area contributed by atoms with E-state index in [1.54, 1.807) is 45.9 Å². The molecule has 20 heavy (non-hydrogen) atoms. The van der Waals surface area contributed by atoms with Crippen LogP contribution in [0.15, 0.2) is 18.2 Å². The van der Waals surface area contributed by atoms with Crippen LogP contribution in [0.2, 0.25) is 10.0 Å². The molecule has 0 spiro atoms. The fraction of sp³-hybridized carbons (Fsp3) is 0.500. The Morgan fingerprint density at radius 3 is 2.35 bits per heavy atom. The molecule has 0 saturated heterocycles. The number of benzene rings is 1. The van der Waals surface area contributed by atoms with Gasteiger partial charge in [0.15, 0.2) is 5.75 Å². The maximum atomic E-state index is 11.6.